The van der Waals surface area contributed by atoms with Crippen LogP contribution in [0.3, 0.4) is 0 Å². The number of anilines is 1. The molecule has 1 unspecified atom stereocenters. The van der Waals surface area contributed by atoms with Crippen LogP contribution in [-0.2, 0) is 0 Å². The van der Waals surface area contributed by atoms with Crippen LogP contribution in [0.1, 0.15) is 26.3 Å². The third-order valence-corrected chi connectivity index (χ3v) is 3.39. The summed E-state index contributed by atoms with van der Waals surface area (Å²) in [4.78, 5) is 0. The van der Waals surface area contributed by atoms with Gasteiger partial charge in [0.05, 0.1) is 11.7 Å². The van der Waals surface area contributed by atoms with Crippen molar-refractivity contribution in [2.24, 2.45) is 0 Å². The number of nitrogen functional groups attached to an aromatic ring is 1. The first kappa shape index (κ1) is 12.2. The maximum atomic E-state index is 5.98. The summed E-state index contributed by atoms with van der Waals surface area (Å²) in [5.41, 5.74) is 7.98. The first-order chi connectivity index (χ1) is 8.11. The summed E-state index contributed by atoms with van der Waals surface area (Å²) in [5.74, 6) is 0.717. The largest absolute Gasteiger partial charge is 0.384 e. The molecule has 4 heteroatoms. The molecule has 2 aromatic rings. The van der Waals surface area contributed by atoms with Crippen LogP contribution in [0.25, 0.3) is 11.3 Å². The molecule has 0 fully saturated rings. The zero-order valence-electron chi connectivity index (χ0n) is 10.0. The van der Waals surface area contributed by atoms with Gasteiger partial charge in [0.1, 0.15) is 5.82 Å². The van der Waals surface area contributed by atoms with Gasteiger partial charge >= 0.3 is 0 Å². The molecule has 0 bridgehead atoms. The molecular weight excluding hydrogens is 278 g/mol. The second-order valence-corrected chi connectivity index (χ2v) is 5.08. The Balaban J connectivity index is 2.41. The van der Waals surface area contributed by atoms with Crippen LogP contribution in [0.4, 0.5) is 5.82 Å². The molecule has 1 heterocycles. The first-order valence-electron chi connectivity index (χ1n) is 5.72. The van der Waals surface area contributed by atoms with Crippen molar-refractivity contribution in [3.8, 4) is 11.3 Å². The van der Waals surface area contributed by atoms with E-state index in [1.807, 2.05) is 35.0 Å². The van der Waals surface area contributed by atoms with Crippen molar-refractivity contribution in [1.82, 2.24) is 9.78 Å². The minimum absolute atomic E-state index is 0.330. The highest BCUT2D eigenvalue weighted by atomic mass is 79.9. The highest BCUT2D eigenvalue weighted by Crippen LogP contribution is 2.25. The molecule has 0 amide bonds. The van der Waals surface area contributed by atoms with Crippen molar-refractivity contribution in [3.05, 3.63) is 34.8 Å². The van der Waals surface area contributed by atoms with Crippen LogP contribution in [0.2, 0.25) is 0 Å². The molecule has 0 radical (unpaired) electrons. The van der Waals surface area contributed by atoms with E-state index in [1.54, 1.807) is 0 Å². The number of rotatable bonds is 3. The highest BCUT2D eigenvalue weighted by molar-refractivity contribution is 9.10. The molecule has 2 rings (SSSR count). The predicted octanol–water partition coefficient (Wildman–Crippen LogP) is 3.87. The summed E-state index contributed by atoms with van der Waals surface area (Å²) in [6, 6.07) is 10.3. The van der Waals surface area contributed by atoms with Gasteiger partial charge in [-0.2, -0.15) is 5.10 Å². The maximum Gasteiger partial charge on any atom is 0.122 e. The van der Waals surface area contributed by atoms with Crippen molar-refractivity contribution >= 4 is 21.7 Å². The first-order valence-corrected chi connectivity index (χ1v) is 6.52. The van der Waals surface area contributed by atoms with Gasteiger partial charge in [0, 0.05) is 16.1 Å². The van der Waals surface area contributed by atoms with Gasteiger partial charge in [0.25, 0.3) is 0 Å². The minimum Gasteiger partial charge on any atom is -0.384 e. The number of hydrogen-bond donors (Lipinski definition) is 1. The monoisotopic (exact) mass is 293 g/mol. The van der Waals surface area contributed by atoms with Gasteiger partial charge in [-0.3, -0.25) is 0 Å². The van der Waals surface area contributed by atoms with E-state index in [-0.39, 0.29) is 0 Å². The lowest BCUT2D eigenvalue weighted by Crippen LogP contribution is -2.08. The van der Waals surface area contributed by atoms with Gasteiger partial charge in [-0.15, -0.1) is 0 Å². The molecule has 0 aliphatic heterocycles. The Morgan fingerprint density at radius 1 is 1.41 bits per heavy atom. The second kappa shape index (κ2) is 4.92. The summed E-state index contributed by atoms with van der Waals surface area (Å²) in [7, 11) is 0. The third kappa shape index (κ3) is 2.52. The lowest BCUT2D eigenvalue weighted by atomic mass is 10.2. The second-order valence-electron chi connectivity index (χ2n) is 4.17. The van der Waals surface area contributed by atoms with E-state index in [4.69, 9.17) is 5.73 Å². The molecule has 90 valence electrons. The Kier molecular flexibility index (Phi) is 3.52. The van der Waals surface area contributed by atoms with E-state index in [2.05, 4.69) is 34.9 Å². The van der Waals surface area contributed by atoms with Crippen molar-refractivity contribution < 1.29 is 0 Å². The van der Waals surface area contributed by atoms with E-state index in [1.165, 1.54) is 0 Å². The molecule has 0 saturated carbocycles. The zero-order chi connectivity index (χ0) is 12.4. The molecule has 0 aliphatic rings. The molecule has 1 aromatic carbocycles. The van der Waals surface area contributed by atoms with Gasteiger partial charge in [0.15, 0.2) is 0 Å². The van der Waals surface area contributed by atoms with Gasteiger partial charge in [0.2, 0.25) is 0 Å². The number of benzene rings is 1. The summed E-state index contributed by atoms with van der Waals surface area (Å²) in [6.45, 7) is 4.25. The number of nitrogens with zero attached hydrogens (tertiary/aromatic N) is 2. The molecule has 0 saturated heterocycles. The Labute approximate surface area is 110 Å². The van der Waals surface area contributed by atoms with E-state index in [0.29, 0.717) is 11.9 Å². The average Bonchev–Trinajstić information content (AvgIpc) is 2.70. The van der Waals surface area contributed by atoms with Crippen molar-refractivity contribution in [3.63, 3.8) is 0 Å². The Morgan fingerprint density at radius 2 is 2.18 bits per heavy atom. The third-order valence-electron chi connectivity index (χ3n) is 2.89. The van der Waals surface area contributed by atoms with Gasteiger partial charge < -0.3 is 5.73 Å². The lowest BCUT2D eigenvalue weighted by Gasteiger charge is -2.10. The summed E-state index contributed by atoms with van der Waals surface area (Å²) in [5, 5.41) is 4.56. The van der Waals surface area contributed by atoms with Crippen LogP contribution < -0.4 is 5.73 Å². The van der Waals surface area contributed by atoms with Gasteiger partial charge in [-0.25, -0.2) is 4.68 Å². The average molecular weight is 294 g/mol. The summed E-state index contributed by atoms with van der Waals surface area (Å²) < 4.78 is 2.93. The molecule has 3 nitrogen and oxygen atoms in total. The molecule has 2 N–H and O–H groups in total. The summed E-state index contributed by atoms with van der Waals surface area (Å²) >= 11 is 3.46. The number of aromatic nitrogens is 2. The fourth-order valence-electron chi connectivity index (χ4n) is 1.72. The van der Waals surface area contributed by atoms with Crippen LogP contribution in [0.5, 0.6) is 0 Å². The Hall–Kier alpha value is -1.29. The molecule has 17 heavy (non-hydrogen) atoms. The van der Waals surface area contributed by atoms with Crippen LogP contribution in [-0.4, -0.2) is 9.78 Å². The Morgan fingerprint density at radius 3 is 2.82 bits per heavy atom. The quantitative estimate of drug-likeness (QED) is 0.934. The predicted molar refractivity (Wildman–Crippen MR) is 74.8 cm³/mol. The number of halogens is 1. The molecule has 1 atom stereocenters. The highest BCUT2D eigenvalue weighted by Gasteiger charge is 2.11. The zero-order valence-corrected chi connectivity index (χ0v) is 11.6. The molecule has 1 aromatic heterocycles. The van der Waals surface area contributed by atoms with E-state index in [9.17, 15) is 0 Å². The topological polar surface area (TPSA) is 43.8 Å². The SMILES string of the molecule is CCC(C)n1nc(-c2cccc(Br)c2)cc1N. The number of nitrogens with two attached hydrogens (primary N) is 1. The van der Waals surface area contributed by atoms with Gasteiger partial charge in [-0.05, 0) is 25.5 Å². The normalized spacial score (nSPS) is 12.6. The van der Waals surface area contributed by atoms with E-state index in [0.717, 1.165) is 22.2 Å². The van der Waals surface area contributed by atoms with E-state index >= 15 is 0 Å². The standard InChI is InChI=1S/C13H16BrN3/c1-3-9(2)17-13(15)8-12(16-17)10-5-4-6-11(14)7-10/h4-9H,3,15H2,1-2H3. The minimum atomic E-state index is 0.330. The maximum absolute atomic E-state index is 5.98. The van der Waals surface area contributed by atoms with Crippen LogP contribution in [0, 0.1) is 0 Å². The Bertz CT molecular complexity index is 519. The summed E-state index contributed by atoms with van der Waals surface area (Å²) in [6.07, 6.45) is 1.02. The molecule has 0 aliphatic carbocycles. The van der Waals surface area contributed by atoms with Crippen molar-refractivity contribution in [1.29, 1.82) is 0 Å². The van der Waals surface area contributed by atoms with Crippen molar-refractivity contribution in [2.75, 3.05) is 5.73 Å². The smallest absolute Gasteiger partial charge is 0.122 e. The van der Waals surface area contributed by atoms with E-state index < -0.39 is 0 Å². The molecular formula is C13H16BrN3. The van der Waals surface area contributed by atoms with Crippen LogP contribution >= 0.6 is 15.9 Å². The van der Waals surface area contributed by atoms with Crippen molar-refractivity contribution in [2.45, 2.75) is 26.3 Å². The lowest BCUT2D eigenvalue weighted by molar-refractivity contribution is 0.486. The number of hydrogen-bond acceptors (Lipinski definition) is 2. The van der Waals surface area contributed by atoms with Crippen LogP contribution in [0.15, 0.2) is 34.8 Å². The fraction of sp³-hybridized carbons (Fsp3) is 0.308. The van der Waals surface area contributed by atoms with Gasteiger partial charge in [-0.1, -0.05) is 35.0 Å². The molecule has 0 spiro atoms. The fourth-order valence-corrected chi connectivity index (χ4v) is 2.12.